The highest BCUT2D eigenvalue weighted by Crippen LogP contribution is 2.41. The highest BCUT2D eigenvalue weighted by Gasteiger charge is 2.43. The minimum absolute atomic E-state index is 0.146. The number of fused-ring (bicyclic) bond motifs is 1. The second kappa shape index (κ2) is 11.0. The molecule has 4 rings (SSSR count). The molecule has 0 fully saturated rings. The number of aryl methyl sites for hydroxylation is 2. The predicted molar refractivity (Wildman–Crippen MR) is 136 cm³/mol. The Balaban J connectivity index is 1.55. The van der Waals surface area contributed by atoms with E-state index in [-0.39, 0.29) is 13.0 Å². The predicted octanol–water partition coefficient (Wildman–Crippen LogP) is 2.29. The quantitative estimate of drug-likeness (QED) is 0.243. The third kappa shape index (κ3) is 5.92. The van der Waals surface area contributed by atoms with E-state index in [4.69, 9.17) is 9.72 Å². The van der Waals surface area contributed by atoms with Gasteiger partial charge in [-0.3, -0.25) is 14.1 Å². The molecule has 11 heteroatoms. The number of carbonyl (C=O) groups excluding carboxylic acids is 2. The molecule has 36 heavy (non-hydrogen) atoms. The number of ether oxygens (including phenoxy) is 1. The molecule has 3 atom stereocenters. The molecule has 2 aromatic rings. The van der Waals surface area contributed by atoms with E-state index in [1.165, 1.54) is 23.3 Å². The van der Waals surface area contributed by atoms with Crippen LogP contribution in [0.2, 0.25) is 0 Å². The molecule has 9 nitrogen and oxygen atoms in total. The number of esters is 1. The number of nitrogens with zero attached hydrogens (tertiary/aromatic N) is 1. The molecule has 1 amide bonds. The van der Waals surface area contributed by atoms with Crippen molar-refractivity contribution in [2.24, 2.45) is 5.92 Å². The number of nitrogens with one attached hydrogen (secondary N) is 2. The van der Waals surface area contributed by atoms with Crippen LogP contribution in [0, 0.1) is 5.92 Å². The molecule has 0 spiro atoms. The fourth-order valence-corrected chi connectivity index (χ4v) is 6.71. The van der Waals surface area contributed by atoms with E-state index >= 15 is 0 Å². The van der Waals surface area contributed by atoms with Crippen molar-refractivity contribution in [1.29, 1.82) is 0 Å². The molecule has 0 radical (unpaired) electrons. The van der Waals surface area contributed by atoms with E-state index in [1.54, 1.807) is 12.2 Å². The van der Waals surface area contributed by atoms with Crippen molar-refractivity contribution in [3.8, 4) is 0 Å². The first kappa shape index (κ1) is 26.2. The van der Waals surface area contributed by atoms with Crippen LogP contribution in [0.25, 0.3) is 0 Å². The first-order chi connectivity index (χ1) is 17.2. The Hall–Kier alpha value is -2.86. The molecule has 0 bridgehead atoms. The van der Waals surface area contributed by atoms with E-state index in [2.05, 4.69) is 10.0 Å². The molecule has 1 heterocycles. The Labute approximate surface area is 214 Å². The Morgan fingerprint density at radius 3 is 2.72 bits per heavy atom. The molecule has 192 valence electrons. The van der Waals surface area contributed by atoms with Gasteiger partial charge < -0.3 is 10.1 Å². The fourth-order valence-electron chi connectivity index (χ4n) is 4.71. The maximum atomic E-state index is 13.0. The Kier molecular flexibility index (Phi) is 8.04. The van der Waals surface area contributed by atoms with E-state index < -0.39 is 39.6 Å². The summed E-state index contributed by atoms with van der Waals surface area (Å²) in [5.74, 6) is -2.13. The van der Waals surface area contributed by atoms with Crippen molar-refractivity contribution in [1.82, 2.24) is 15.0 Å². The van der Waals surface area contributed by atoms with Gasteiger partial charge in [-0.1, -0.05) is 54.6 Å². The van der Waals surface area contributed by atoms with Crippen LogP contribution in [-0.2, 0) is 49.3 Å². The van der Waals surface area contributed by atoms with E-state index in [1.807, 2.05) is 42.5 Å². The third-order valence-electron chi connectivity index (χ3n) is 6.56. The van der Waals surface area contributed by atoms with Crippen molar-refractivity contribution in [2.45, 2.75) is 43.6 Å². The van der Waals surface area contributed by atoms with Gasteiger partial charge in [-0.05, 0) is 37.7 Å². The van der Waals surface area contributed by atoms with Gasteiger partial charge in [-0.2, -0.15) is 13.1 Å². The summed E-state index contributed by atoms with van der Waals surface area (Å²) in [6.45, 7) is 0.146. The average molecular weight is 532 g/mol. The number of hydrogen-bond acceptors (Lipinski definition) is 7. The average Bonchev–Trinajstić information content (AvgIpc) is 3.46. The zero-order valence-corrected chi connectivity index (χ0v) is 21.5. The molecule has 1 aromatic heterocycles. The van der Waals surface area contributed by atoms with Gasteiger partial charge in [0.25, 0.3) is 0 Å². The maximum Gasteiger partial charge on any atom is 0.333 e. The largest absolute Gasteiger partial charge is 0.468 e. The van der Waals surface area contributed by atoms with Gasteiger partial charge >= 0.3 is 16.3 Å². The Morgan fingerprint density at radius 1 is 1.25 bits per heavy atom. The summed E-state index contributed by atoms with van der Waals surface area (Å²) in [5, 5.41) is 3.55. The zero-order chi connectivity index (χ0) is 25.8. The lowest BCUT2D eigenvalue weighted by atomic mass is 9.75. The van der Waals surface area contributed by atoms with Crippen molar-refractivity contribution in [3.63, 3.8) is 0 Å². The molecule has 2 aliphatic rings. The topological polar surface area (TPSA) is 135 Å². The molecule has 1 aromatic carbocycles. The van der Waals surface area contributed by atoms with E-state index in [0.717, 1.165) is 35.5 Å². The second-order valence-electron chi connectivity index (χ2n) is 8.90. The molecular formula is C25H29N3O6S2. The third-order valence-corrected chi connectivity index (χ3v) is 8.46. The summed E-state index contributed by atoms with van der Waals surface area (Å²) in [7, 11) is -3.26. The highest BCUT2D eigenvalue weighted by molar-refractivity contribution is 7.83. The van der Waals surface area contributed by atoms with Crippen molar-refractivity contribution in [2.75, 3.05) is 13.7 Å². The number of benzene rings is 1. The molecule has 0 saturated heterocycles. The van der Waals surface area contributed by atoms with Gasteiger partial charge in [-0.25, -0.2) is 4.98 Å². The number of hydrogen-bond donors (Lipinski definition) is 3. The standard InChI is InChI=1S/C25H29N3O6S2/c1-34-23(30)18(16-17-8-3-2-4-9-17)22(29)26-15-14-25(24-27-19-10-7-11-20(19)35-24)13-6-5-12-21(25)28-36(31,32)33/h2-6,8-9,12-13,18,21,28H,7,10-11,14-16H2,1H3,(H,26,29)(H,31,32,33)/t18-,21-,25?/m0/s1. The van der Waals surface area contributed by atoms with Gasteiger partial charge in [-0.15, -0.1) is 11.3 Å². The molecule has 1 unspecified atom stereocenters. The van der Waals surface area contributed by atoms with E-state index in [0.29, 0.717) is 6.42 Å². The van der Waals surface area contributed by atoms with Crippen LogP contribution in [0.15, 0.2) is 54.6 Å². The molecule has 0 saturated carbocycles. The summed E-state index contributed by atoms with van der Waals surface area (Å²) in [6.07, 6.45) is 10.3. The normalized spacial score (nSPS) is 21.7. The smallest absolute Gasteiger partial charge is 0.333 e. The van der Waals surface area contributed by atoms with Gasteiger partial charge in [0.2, 0.25) is 5.91 Å². The van der Waals surface area contributed by atoms with Gasteiger partial charge in [0.1, 0.15) is 10.9 Å². The lowest BCUT2D eigenvalue weighted by Gasteiger charge is -2.37. The van der Waals surface area contributed by atoms with Crippen LogP contribution >= 0.6 is 11.3 Å². The summed E-state index contributed by atoms with van der Waals surface area (Å²) in [4.78, 5) is 31.4. The number of rotatable bonds is 10. The first-order valence-electron chi connectivity index (χ1n) is 11.7. The molecular weight excluding hydrogens is 502 g/mol. The second-order valence-corrected chi connectivity index (χ2v) is 11.2. The van der Waals surface area contributed by atoms with Crippen LogP contribution in [0.1, 0.15) is 34.0 Å². The zero-order valence-electron chi connectivity index (χ0n) is 19.8. The Bertz CT molecular complexity index is 1250. The van der Waals surface area contributed by atoms with E-state index in [9.17, 15) is 22.6 Å². The summed E-state index contributed by atoms with van der Waals surface area (Å²) >= 11 is 1.53. The van der Waals surface area contributed by atoms with Gasteiger partial charge in [0.05, 0.1) is 24.3 Å². The van der Waals surface area contributed by atoms with Crippen LogP contribution < -0.4 is 10.0 Å². The minimum atomic E-state index is -4.51. The monoisotopic (exact) mass is 531 g/mol. The number of thiazole rings is 1. The van der Waals surface area contributed by atoms with Crippen molar-refractivity contribution < 1.29 is 27.3 Å². The summed E-state index contributed by atoms with van der Waals surface area (Å²) < 4.78 is 40.2. The molecule has 0 aliphatic heterocycles. The maximum absolute atomic E-state index is 13.0. The van der Waals surface area contributed by atoms with Crippen LogP contribution in [-0.4, -0.2) is 49.5 Å². The van der Waals surface area contributed by atoms with Crippen LogP contribution in [0.4, 0.5) is 0 Å². The lowest BCUT2D eigenvalue weighted by Crippen LogP contribution is -2.51. The number of carbonyl (C=O) groups is 2. The van der Waals surface area contributed by atoms with Crippen molar-refractivity contribution >= 4 is 33.5 Å². The van der Waals surface area contributed by atoms with Crippen molar-refractivity contribution in [3.05, 3.63) is 75.8 Å². The van der Waals surface area contributed by atoms with Crippen LogP contribution in [0.3, 0.4) is 0 Å². The summed E-state index contributed by atoms with van der Waals surface area (Å²) in [5.41, 5.74) is 0.919. The number of aromatic nitrogens is 1. The molecule has 2 aliphatic carbocycles. The summed E-state index contributed by atoms with van der Waals surface area (Å²) in [6, 6.07) is 8.40. The minimum Gasteiger partial charge on any atom is -0.468 e. The number of methoxy groups -OCH3 is 1. The Morgan fingerprint density at radius 2 is 2.03 bits per heavy atom. The number of allylic oxidation sites excluding steroid dienone is 2. The first-order valence-corrected chi connectivity index (χ1v) is 14.0. The lowest BCUT2D eigenvalue weighted by molar-refractivity contribution is -0.150. The SMILES string of the molecule is COC(=O)[C@@H](Cc1ccccc1)C(=O)NCCC1(c2nc3c(s2)CCC3)C=CC=C[C@@H]1NS(=O)(=O)O. The van der Waals surface area contributed by atoms with Crippen LogP contribution in [0.5, 0.6) is 0 Å². The van der Waals surface area contributed by atoms with Gasteiger partial charge in [0.15, 0.2) is 0 Å². The fraction of sp³-hybridized carbons (Fsp3) is 0.400. The molecule has 3 N–H and O–H groups in total. The highest BCUT2D eigenvalue weighted by atomic mass is 32.2. The number of amides is 1. The van der Waals surface area contributed by atoms with Gasteiger partial charge in [0, 0.05) is 11.4 Å².